The summed E-state index contributed by atoms with van der Waals surface area (Å²) in [4.78, 5) is 4.52. The number of piperazine rings is 1. The van der Waals surface area contributed by atoms with Gasteiger partial charge in [-0.2, -0.15) is 3.84 Å². The second kappa shape index (κ2) is 12.3. The zero-order valence-electron chi connectivity index (χ0n) is 16.6. The molecule has 0 aliphatic carbocycles. The molecule has 0 aromatic heterocycles. The fourth-order valence-corrected chi connectivity index (χ4v) is 3.51. The summed E-state index contributed by atoms with van der Waals surface area (Å²) in [6, 6.07) is 13.8. The van der Waals surface area contributed by atoms with E-state index in [0.717, 1.165) is 44.0 Å². The molecule has 0 atom stereocenters. The highest BCUT2D eigenvalue weighted by Crippen LogP contribution is 2.22. The van der Waals surface area contributed by atoms with E-state index in [1.807, 2.05) is 24.3 Å². The van der Waals surface area contributed by atoms with Crippen LogP contribution in [0.25, 0.3) is 0 Å². The molecular formula is C21H26Cl3N3O2. The Balaban J connectivity index is 0.000000941. The molecule has 2 aromatic rings. The number of nitrogens with one attached hydrogen (secondary N) is 1. The van der Waals surface area contributed by atoms with Gasteiger partial charge in [-0.15, -0.1) is 0 Å². The normalized spacial score (nSPS) is 14.2. The van der Waals surface area contributed by atoms with E-state index in [2.05, 4.69) is 69.4 Å². The van der Waals surface area contributed by atoms with Crippen molar-refractivity contribution >= 4 is 41.2 Å². The van der Waals surface area contributed by atoms with E-state index < -0.39 is 0 Å². The van der Waals surface area contributed by atoms with E-state index >= 15 is 0 Å². The van der Waals surface area contributed by atoms with Crippen LogP contribution in [-0.4, -0.2) is 55.0 Å². The maximum Gasteiger partial charge on any atom is 0.128 e. The second-order valence-corrected chi connectivity index (χ2v) is 7.72. The minimum absolute atomic E-state index is 0.555. The van der Waals surface area contributed by atoms with Crippen molar-refractivity contribution in [2.75, 3.05) is 39.3 Å². The lowest BCUT2D eigenvalue weighted by atomic mass is 10.1. The first kappa shape index (κ1) is 23.8. The number of hydrogen-bond donors (Lipinski definition) is 1. The van der Waals surface area contributed by atoms with Crippen molar-refractivity contribution in [2.24, 2.45) is 0 Å². The summed E-state index contributed by atoms with van der Waals surface area (Å²) in [7, 11) is 0. The van der Waals surface area contributed by atoms with Gasteiger partial charge in [-0.25, -0.2) is 0 Å². The third-order valence-electron chi connectivity index (χ3n) is 4.85. The van der Waals surface area contributed by atoms with Crippen LogP contribution in [0, 0.1) is 19.3 Å². The Hall–Kier alpha value is -1.50. The highest BCUT2D eigenvalue weighted by Gasteiger charge is 2.20. The van der Waals surface area contributed by atoms with Gasteiger partial charge in [0.2, 0.25) is 0 Å². The maximum atomic E-state index is 8.41. The molecule has 158 valence electrons. The first-order valence-electron chi connectivity index (χ1n) is 9.36. The van der Waals surface area contributed by atoms with Gasteiger partial charge >= 0.3 is 0 Å². The monoisotopic (exact) mass is 457 g/mol. The molecule has 2 aromatic carbocycles. The highest BCUT2D eigenvalue weighted by atomic mass is 35.6. The first-order chi connectivity index (χ1) is 14.0. The number of ether oxygens (including phenoxy) is 1. The van der Waals surface area contributed by atoms with Crippen LogP contribution in [0.1, 0.15) is 16.7 Å². The van der Waals surface area contributed by atoms with Crippen LogP contribution in [0.15, 0.2) is 42.5 Å². The molecular weight excluding hydrogens is 433 g/mol. The molecule has 5 nitrogen and oxygen atoms in total. The lowest BCUT2D eigenvalue weighted by molar-refractivity contribution is 0.153. The minimum atomic E-state index is 0.555. The fourth-order valence-electron chi connectivity index (χ4n) is 3.32. The molecule has 0 saturated carbocycles. The number of aryl methyl sites for hydroxylation is 2. The van der Waals surface area contributed by atoms with Crippen molar-refractivity contribution in [3.05, 3.63) is 64.2 Å². The number of amidine groups is 1. The Labute approximate surface area is 187 Å². The van der Waals surface area contributed by atoms with Crippen molar-refractivity contribution in [1.82, 2.24) is 9.80 Å². The summed E-state index contributed by atoms with van der Waals surface area (Å²) >= 11 is 14.6. The van der Waals surface area contributed by atoms with Gasteiger partial charge in [0, 0.05) is 43.3 Å². The van der Waals surface area contributed by atoms with Crippen molar-refractivity contribution in [1.29, 1.82) is 5.41 Å². The number of rotatable bonds is 5. The Morgan fingerprint density at radius 1 is 1.00 bits per heavy atom. The second-order valence-electron chi connectivity index (χ2n) is 6.82. The lowest BCUT2D eigenvalue weighted by Crippen LogP contribution is -2.49. The smallest absolute Gasteiger partial charge is 0.128 e. The molecule has 3 rings (SSSR count). The predicted molar refractivity (Wildman–Crippen MR) is 120 cm³/mol. The fraction of sp³-hybridized carbons (Fsp3) is 0.381. The molecule has 1 heterocycles. The predicted octanol–water partition coefficient (Wildman–Crippen LogP) is 5.29. The number of halogens is 3. The largest absolute Gasteiger partial charge is 0.492 e. The van der Waals surface area contributed by atoms with Crippen LogP contribution in [-0.2, 0) is 3.84 Å². The molecule has 1 saturated heterocycles. The number of nitrogens with zero attached hydrogens (tertiary/aromatic N) is 2. The van der Waals surface area contributed by atoms with Crippen molar-refractivity contribution in [3.8, 4) is 5.75 Å². The van der Waals surface area contributed by atoms with Crippen molar-refractivity contribution < 1.29 is 8.58 Å². The van der Waals surface area contributed by atoms with E-state index in [0.29, 0.717) is 17.5 Å². The summed E-state index contributed by atoms with van der Waals surface area (Å²) in [6.07, 6.45) is 0. The Kier molecular flexibility index (Phi) is 10.0. The Morgan fingerprint density at radius 2 is 1.59 bits per heavy atom. The van der Waals surface area contributed by atoms with Gasteiger partial charge in [-0.05, 0) is 37.1 Å². The van der Waals surface area contributed by atoms with Gasteiger partial charge in [-0.3, -0.25) is 10.3 Å². The molecule has 1 aliphatic heterocycles. The van der Waals surface area contributed by atoms with Crippen LogP contribution in [0.5, 0.6) is 5.75 Å². The number of hydrogen-bond acceptors (Lipinski definition) is 4. The van der Waals surface area contributed by atoms with Gasteiger partial charge in [0.05, 0.1) is 23.7 Å². The van der Waals surface area contributed by atoms with Crippen LogP contribution >= 0.6 is 35.3 Å². The number of para-hydroxylation sites is 1. The molecule has 1 fully saturated rings. The molecule has 0 amide bonds. The number of benzene rings is 2. The molecule has 1 N–H and O–H groups in total. The van der Waals surface area contributed by atoms with Crippen molar-refractivity contribution in [3.63, 3.8) is 0 Å². The molecule has 0 unspecified atom stereocenters. The standard InChI is InChI=1S/C21H26ClN3O.Cl2O/c1-16-5-3-6-17(2)20(16)26-14-13-24-9-11-25(12-10-24)21(23)18-7-4-8-19(22)15-18;1-3-2/h3-8,15,23H,9-14H2,1-2H3;. The zero-order chi connectivity index (χ0) is 21.2. The van der Waals surface area contributed by atoms with Crippen LogP contribution in [0.4, 0.5) is 0 Å². The van der Waals surface area contributed by atoms with Gasteiger partial charge in [0.15, 0.2) is 0 Å². The summed E-state index contributed by atoms with van der Waals surface area (Å²) < 4.78 is 9.21. The molecule has 29 heavy (non-hydrogen) atoms. The van der Waals surface area contributed by atoms with E-state index in [9.17, 15) is 0 Å². The van der Waals surface area contributed by atoms with E-state index in [1.165, 1.54) is 11.1 Å². The molecule has 0 radical (unpaired) electrons. The highest BCUT2D eigenvalue weighted by molar-refractivity contribution is 6.31. The summed E-state index contributed by atoms with van der Waals surface area (Å²) in [6.45, 7) is 9.37. The van der Waals surface area contributed by atoms with Gasteiger partial charge in [0.1, 0.15) is 18.2 Å². The van der Waals surface area contributed by atoms with Gasteiger partial charge < -0.3 is 9.64 Å². The molecule has 8 heteroatoms. The first-order valence-corrected chi connectivity index (χ1v) is 10.4. The lowest BCUT2D eigenvalue weighted by Gasteiger charge is -2.36. The van der Waals surface area contributed by atoms with Gasteiger partial charge in [-0.1, -0.05) is 41.9 Å². The van der Waals surface area contributed by atoms with Crippen LogP contribution in [0.3, 0.4) is 0 Å². The third-order valence-corrected chi connectivity index (χ3v) is 5.08. The summed E-state index contributed by atoms with van der Waals surface area (Å²) in [5.74, 6) is 1.56. The molecule has 0 bridgehead atoms. The van der Waals surface area contributed by atoms with Crippen LogP contribution < -0.4 is 4.74 Å². The quantitative estimate of drug-likeness (QED) is 0.488. The topological polar surface area (TPSA) is 48.8 Å². The van der Waals surface area contributed by atoms with Crippen molar-refractivity contribution in [2.45, 2.75) is 13.8 Å². The van der Waals surface area contributed by atoms with E-state index in [4.69, 9.17) is 21.7 Å². The summed E-state index contributed by atoms with van der Waals surface area (Å²) in [5, 5.41) is 9.08. The van der Waals surface area contributed by atoms with Crippen LogP contribution in [0.2, 0.25) is 5.02 Å². The molecule has 0 spiro atoms. The third kappa shape index (κ3) is 7.36. The Bertz CT molecular complexity index is 776. The molecule has 1 aliphatic rings. The zero-order valence-corrected chi connectivity index (χ0v) is 18.9. The summed E-state index contributed by atoms with van der Waals surface area (Å²) in [5.41, 5.74) is 3.25. The maximum absolute atomic E-state index is 8.41. The Morgan fingerprint density at radius 3 is 2.17 bits per heavy atom. The SMILES string of the molecule is Cc1cccc(C)c1OCCN1CCN(C(=N)c2cccc(Cl)c2)CC1.ClOCl. The van der Waals surface area contributed by atoms with Gasteiger partial charge in [0.25, 0.3) is 0 Å². The van der Waals surface area contributed by atoms with E-state index in [1.54, 1.807) is 0 Å². The average Bonchev–Trinajstić information content (AvgIpc) is 2.71. The average molecular weight is 459 g/mol. The van der Waals surface area contributed by atoms with E-state index in [-0.39, 0.29) is 0 Å². The minimum Gasteiger partial charge on any atom is -0.492 e.